The molecule has 0 aliphatic heterocycles. The number of hydrogen-bond acceptors (Lipinski definition) is 3. The second-order valence-corrected chi connectivity index (χ2v) is 4.35. The lowest BCUT2D eigenvalue weighted by molar-refractivity contribution is 0.0892. The van der Waals surface area contributed by atoms with Gasteiger partial charge in [-0.1, -0.05) is 13.0 Å². The average molecular weight is 255 g/mol. The van der Waals surface area contributed by atoms with E-state index in [1.807, 2.05) is 26.8 Å². The maximum Gasteiger partial charge on any atom is 0.165 e. The van der Waals surface area contributed by atoms with E-state index in [0.717, 1.165) is 12.1 Å². The van der Waals surface area contributed by atoms with Crippen LogP contribution < -0.4 is 10.1 Å². The van der Waals surface area contributed by atoms with Crippen LogP contribution in [-0.2, 0) is 4.74 Å². The van der Waals surface area contributed by atoms with E-state index < -0.39 is 0 Å². The van der Waals surface area contributed by atoms with E-state index in [4.69, 9.17) is 9.47 Å². The van der Waals surface area contributed by atoms with Crippen LogP contribution in [0.5, 0.6) is 5.75 Å². The van der Waals surface area contributed by atoms with Gasteiger partial charge in [0.25, 0.3) is 0 Å². The minimum Gasteiger partial charge on any atom is -0.485 e. The van der Waals surface area contributed by atoms with Gasteiger partial charge >= 0.3 is 0 Å². The zero-order valence-corrected chi connectivity index (χ0v) is 11.5. The van der Waals surface area contributed by atoms with E-state index in [2.05, 4.69) is 5.32 Å². The van der Waals surface area contributed by atoms with Crippen LogP contribution in [0.4, 0.5) is 4.39 Å². The molecular weight excluding hydrogens is 233 g/mol. The number of rotatable bonds is 7. The molecule has 1 aromatic rings. The van der Waals surface area contributed by atoms with Crippen LogP contribution in [0.3, 0.4) is 0 Å². The van der Waals surface area contributed by atoms with Gasteiger partial charge in [-0.25, -0.2) is 4.39 Å². The molecule has 1 rings (SSSR count). The first-order valence-electron chi connectivity index (χ1n) is 6.26. The van der Waals surface area contributed by atoms with Crippen molar-refractivity contribution in [2.75, 3.05) is 20.3 Å². The Morgan fingerprint density at radius 2 is 2.06 bits per heavy atom. The van der Waals surface area contributed by atoms with Crippen molar-refractivity contribution < 1.29 is 13.9 Å². The Bertz CT molecular complexity index is 371. The van der Waals surface area contributed by atoms with E-state index in [0.29, 0.717) is 6.61 Å². The summed E-state index contributed by atoms with van der Waals surface area (Å²) in [5.74, 6) is -0.0628. The normalized spacial score (nSPS) is 14.3. The average Bonchev–Trinajstić information content (AvgIpc) is 2.32. The molecule has 18 heavy (non-hydrogen) atoms. The second-order valence-electron chi connectivity index (χ2n) is 4.35. The molecule has 0 radical (unpaired) electrons. The monoisotopic (exact) mass is 255 g/mol. The smallest absolute Gasteiger partial charge is 0.165 e. The number of benzene rings is 1. The zero-order chi connectivity index (χ0) is 13.5. The van der Waals surface area contributed by atoms with Gasteiger partial charge in [0.05, 0.1) is 6.61 Å². The molecule has 4 heteroatoms. The van der Waals surface area contributed by atoms with Gasteiger partial charge in [-0.05, 0) is 38.1 Å². The fourth-order valence-electron chi connectivity index (χ4n) is 1.79. The molecule has 2 unspecified atom stereocenters. The number of ether oxygens (including phenoxy) is 2. The Balaban J connectivity index is 2.73. The maximum atomic E-state index is 13.9. The van der Waals surface area contributed by atoms with Crippen LogP contribution >= 0.6 is 0 Å². The van der Waals surface area contributed by atoms with Crippen molar-refractivity contribution in [3.8, 4) is 5.75 Å². The Morgan fingerprint density at radius 1 is 1.33 bits per heavy atom. The van der Waals surface area contributed by atoms with Crippen LogP contribution in [0.1, 0.15) is 32.4 Å². The first-order valence-corrected chi connectivity index (χ1v) is 6.26. The van der Waals surface area contributed by atoms with E-state index in [9.17, 15) is 4.39 Å². The third-order valence-electron chi connectivity index (χ3n) is 2.70. The molecule has 0 saturated heterocycles. The van der Waals surface area contributed by atoms with Gasteiger partial charge in [-0.2, -0.15) is 0 Å². The van der Waals surface area contributed by atoms with E-state index in [-0.39, 0.29) is 23.7 Å². The highest BCUT2D eigenvalue weighted by atomic mass is 19.1. The van der Waals surface area contributed by atoms with Gasteiger partial charge < -0.3 is 14.8 Å². The highest BCUT2D eigenvalue weighted by Gasteiger charge is 2.11. The number of methoxy groups -OCH3 is 1. The van der Waals surface area contributed by atoms with E-state index in [1.54, 1.807) is 13.2 Å². The summed E-state index contributed by atoms with van der Waals surface area (Å²) in [6.07, 6.45) is -0.165. The molecule has 0 amide bonds. The van der Waals surface area contributed by atoms with Crippen molar-refractivity contribution in [2.45, 2.75) is 32.9 Å². The molecule has 0 spiro atoms. The summed E-state index contributed by atoms with van der Waals surface area (Å²) in [5, 5.41) is 3.24. The molecule has 2 atom stereocenters. The highest BCUT2D eigenvalue weighted by molar-refractivity contribution is 5.31. The summed E-state index contributed by atoms with van der Waals surface area (Å²) in [4.78, 5) is 0. The van der Waals surface area contributed by atoms with E-state index >= 15 is 0 Å². The molecule has 0 aliphatic carbocycles. The van der Waals surface area contributed by atoms with Crippen molar-refractivity contribution in [2.24, 2.45) is 0 Å². The van der Waals surface area contributed by atoms with Crippen LogP contribution in [0.25, 0.3) is 0 Å². The lowest BCUT2D eigenvalue weighted by Gasteiger charge is -2.17. The van der Waals surface area contributed by atoms with Crippen molar-refractivity contribution in [1.82, 2.24) is 5.32 Å². The van der Waals surface area contributed by atoms with Gasteiger partial charge in [-0.15, -0.1) is 0 Å². The minimum atomic E-state index is -0.333. The molecule has 3 nitrogen and oxygen atoms in total. The molecule has 0 aliphatic rings. The van der Waals surface area contributed by atoms with Gasteiger partial charge in [0.2, 0.25) is 0 Å². The molecule has 0 fully saturated rings. The van der Waals surface area contributed by atoms with Crippen LogP contribution in [-0.4, -0.2) is 26.4 Å². The molecule has 0 bridgehead atoms. The van der Waals surface area contributed by atoms with Gasteiger partial charge in [0.1, 0.15) is 6.10 Å². The highest BCUT2D eigenvalue weighted by Crippen LogP contribution is 2.23. The molecule has 102 valence electrons. The fourth-order valence-corrected chi connectivity index (χ4v) is 1.79. The predicted molar refractivity (Wildman–Crippen MR) is 70.5 cm³/mol. The standard InChI is InChI=1S/C14H22FNO2/c1-5-16-11(3)12-6-7-14(13(15)8-12)18-10(2)9-17-4/h6-8,10-11,16H,5,9H2,1-4H3. The summed E-state index contributed by atoms with van der Waals surface area (Å²) in [6.45, 7) is 7.17. The largest absolute Gasteiger partial charge is 0.485 e. The zero-order valence-electron chi connectivity index (χ0n) is 11.5. The van der Waals surface area contributed by atoms with Crippen molar-refractivity contribution in [3.63, 3.8) is 0 Å². The fraction of sp³-hybridized carbons (Fsp3) is 0.571. The first-order chi connectivity index (χ1) is 8.58. The Labute approximate surface area is 108 Å². The molecule has 1 aromatic carbocycles. The molecule has 1 N–H and O–H groups in total. The van der Waals surface area contributed by atoms with Crippen LogP contribution in [0, 0.1) is 5.82 Å². The molecule has 0 saturated carbocycles. The summed E-state index contributed by atoms with van der Waals surface area (Å²) in [7, 11) is 1.59. The third kappa shape index (κ3) is 4.27. The lowest BCUT2D eigenvalue weighted by atomic mass is 10.1. The summed E-state index contributed by atoms with van der Waals surface area (Å²) < 4.78 is 24.3. The molecule has 0 heterocycles. The van der Waals surface area contributed by atoms with Crippen LogP contribution in [0.2, 0.25) is 0 Å². The van der Waals surface area contributed by atoms with Crippen molar-refractivity contribution in [1.29, 1.82) is 0 Å². The summed E-state index contributed by atoms with van der Waals surface area (Å²) >= 11 is 0. The first kappa shape index (κ1) is 14.9. The number of nitrogens with one attached hydrogen (secondary N) is 1. The van der Waals surface area contributed by atoms with Crippen LogP contribution in [0.15, 0.2) is 18.2 Å². The van der Waals surface area contributed by atoms with Gasteiger partial charge in [-0.3, -0.25) is 0 Å². The van der Waals surface area contributed by atoms with Gasteiger partial charge in [0, 0.05) is 13.2 Å². The maximum absolute atomic E-state index is 13.9. The third-order valence-corrected chi connectivity index (χ3v) is 2.70. The lowest BCUT2D eigenvalue weighted by Crippen LogP contribution is -2.19. The SMILES string of the molecule is CCNC(C)c1ccc(OC(C)COC)c(F)c1. The number of halogens is 1. The quantitative estimate of drug-likeness (QED) is 0.812. The topological polar surface area (TPSA) is 30.5 Å². The Kier molecular flexibility index (Phi) is 6.09. The second kappa shape index (κ2) is 7.34. The van der Waals surface area contributed by atoms with E-state index in [1.165, 1.54) is 6.07 Å². The van der Waals surface area contributed by atoms with Gasteiger partial charge in [0.15, 0.2) is 11.6 Å². The van der Waals surface area contributed by atoms with Crippen molar-refractivity contribution in [3.05, 3.63) is 29.6 Å². The summed E-state index contributed by atoms with van der Waals surface area (Å²) in [5.41, 5.74) is 0.918. The predicted octanol–water partition coefficient (Wildman–Crippen LogP) is 2.91. The Morgan fingerprint density at radius 3 is 2.61 bits per heavy atom. The van der Waals surface area contributed by atoms with Crippen molar-refractivity contribution >= 4 is 0 Å². The Hall–Kier alpha value is -1.13. The molecule has 0 aromatic heterocycles. The molecular formula is C14H22FNO2. The number of hydrogen-bond donors (Lipinski definition) is 1. The minimum absolute atomic E-state index is 0.134. The summed E-state index contributed by atoms with van der Waals surface area (Å²) in [6, 6.07) is 5.20.